The van der Waals surface area contributed by atoms with Gasteiger partial charge in [0.2, 0.25) is 5.95 Å². The monoisotopic (exact) mass is 495 g/mol. The highest BCUT2D eigenvalue weighted by atomic mass is 19.4. The number of nitrogens with one attached hydrogen (secondary N) is 3. The summed E-state index contributed by atoms with van der Waals surface area (Å²) in [5, 5.41) is 16.1. The Morgan fingerprint density at radius 1 is 1.17 bits per heavy atom. The maximum Gasteiger partial charge on any atom is 0.417 e. The van der Waals surface area contributed by atoms with Crippen LogP contribution in [0.5, 0.6) is 0 Å². The van der Waals surface area contributed by atoms with Crippen molar-refractivity contribution in [1.82, 2.24) is 30.2 Å². The summed E-state index contributed by atoms with van der Waals surface area (Å²) in [5.41, 5.74) is 0.920. The summed E-state index contributed by atoms with van der Waals surface area (Å²) in [7, 11) is 3.86. The molecule has 0 saturated carbocycles. The Hall–Kier alpha value is -4.24. The summed E-state index contributed by atoms with van der Waals surface area (Å²) in [6.07, 6.45) is 0.807. The molecule has 186 valence electrons. The fraction of sp³-hybridized carbons (Fsp3) is 0.292. The molecule has 4 rings (SSSR count). The lowest BCUT2D eigenvalue weighted by Gasteiger charge is -2.19. The molecule has 0 fully saturated rings. The Balaban J connectivity index is 1.61. The average Bonchev–Trinajstić information content (AvgIpc) is 3.30. The second-order valence-electron chi connectivity index (χ2n) is 8.23. The smallest absolute Gasteiger partial charge is 0.358 e. The minimum Gasteiger partial charge on any atom is -0.358 e. The normalized spacial score (nSPS) is 12.4. The van der Waals surface area contributed by atoms with Gasteiger partial charge in [-0.05, 0) is 31.7 Å². The SMILES string of the molecule is CNCCN(C)c1ccc([C@@H](C)Nc2ncc(C#N)c(-c3c[nH]c4ncc(C(F)(F)F)cc34)n2)cn1. The van der Waals surface area contributed by atoms with Crippen LogP contribution in [0.3, 0.4) is 0 Å². The lowest BCUT2D eigenvalue weighted by molar-refractivity contribution is -0.137. The molecule has 0 aliphatic heterocycles. The number of nitriles is 1. The van der Waals surface area contributed by atoms with Crippen LogP contribution in [0.1, 0.15) is 29.7 Å². The van der Waals surface area contributed by atoms with Crippen molar-refractivity contribution in [3.63, 3.8) is 0 Å². The molecule has 0 radical (unpaired) electrons. The fourth-order valence-corrected chi connectivity index (χ4v) is 3.64. The largest absolute Gasteiger partial charge is 0.417 e. The van der Waals surface area contributed by atoms with Gasteiger partial charge in [0.25, 0.3) is 0 Å². The van der Waals surface area contributed by atoms with Crippen LogP contribution in [-0.2, 0) is 6.18 Å². The van der Waals surface area contributed by atoms with Crippen molar-refractivity contribution < 1.29 is 13.2 Å². The number of aromatic amines is 1. The first-order chi connectivity index (χ1) is 17.2. The maximum absolute atomic E-state index is 13.2. The Morgan fingerprint density at radius 3 is 2.64 bits per heavy atom. The first kappa shape index (κ1) is 24.9. The number of rotatable bonds is 8. The van der Waals surface area contributed by atoms with Gasteiger partial charge in [0.1, 0.15) is 17.5 Å². The molecule has 0 spiro atoms. The number of halogens is 3. The molecule has 3 N–H and O–H groups in total. The lowest BCUT2D eigenvalue weighted by Crippen LogP contribution is -2.27. The van der Waals surface area contributed by atoms with E-state index in [9.17, 15) is 18.4 Å². The van der Waals surface area contributed by atoms with Crippen molar-refractivity contribution in [2.45, 2.75) is 19.1 Å². The molecule has 0 unspecified atom stereocenters. The number of aromatic nitrogens is 5. The third-order valence-electron chi connectivity index (χ3n) is 5.73. The number of hydrogen-bond donors (Lipinski definition) is 3. The third kappa shape index (κ3) is 5.21. The van der Waals surface area contributed by atoms with E-state index >= 15 is 0 Å². The van der Waals surface area contributed by atoms with Crippen molar-refractivity contribution in [3.05, 3.63) is 59.7 Å². The van der Waals surface area contributed by atoms with Gasteiger partial charge in [-0.25, -0.2) is 19.9 Å². The van der Waals surface area contributed by atoms with Gasteiger partial charge in [0.05, 0.1) is 29.1 Å². The van der Waals surface area contributed by atoms with Crippen LogP contribution in [0.25, 0.3) is 22.3 Å². The summed E-state index contributed by atoms with van der Waals surface area (Å²) in [5.74, 6) is 1.06. The second-order valence-corrected chi connectivity index (χ2v) is 8.23. The number of likely N-dealkylation sites (N-methyl/N-ethyl adjacent to an activating group) is 2. The van der Waals surface area contributed by atoms with Crippen molar-refractivity contribution in [1.29, 1.82) is 5.26 Å². The Morgan fingerprint density at radius 2 is 1.97 bits per heavy atom. The number of hydrogen-bond acceptors (Lipinski definition) is 8. The van der Waals surface area contributed by atoms with Gasteiger partial charge in [-0.15, -0.1) is 0 Å². The Bertz CT molecular complexity index is 1390. The molecule has 0 aliphatic rings. The third-order valence-corrected chi connectivity index (χ3v) is 5.73. The molecule has 0 amide bonds. The van der Waals surface area contributed by atoms with Crippen LogP contribution >= 0.6 is 0 Å². The average molecular weight is 496 g/mol. The number of fused-ring (bicyclic) bond motifs is 1. The standard InChI is InChI=1S/C24H24F3N9/c1-14(15-4-5-20(30-10-15)36(3)7-6-29-2)34-23-33-11-16(9-28)21(35-23)19-13-32-22-18(19)8-17(12-31-22)24(25,26)27/h4-5,8,10-14,29H,6-7H2,1-3H3,(H,31,32)(H,33,34,35)/t14-/m1/s1. The van der Waals surface area contributed by atoms with E-state index in [1.807, 2.05) is 44.1 Å². The van der Waals surface area contributed by atoms with Crippen molar-refractivity contribution >= 4 is 22.8 Å². The molecule has 4 aromatic rings. The van der Waals surface area contributed by atoms with E-state index in [-0.39, 0.29) is 34.3 Å². The van der Waals surface area contributed by atoms with Gasteiger partial charge in [-0.1, -0.05) is 6.07 Å². The molecule has 0 saturated heterocycles. The van der Waals surface area contributed by atoms with Crippen LogP contribution in [0.15, 0.2) is 43.0 Å². The van der Waals surface area contributed by atoms with Crippen molar-refractivity contribution in [2.75, 3.05) is 37.4 Å². The van der Waals surface area contributed by atoms with E-state index in [1.165, 1.54) is 12.4 Å². The first-order valence-corrected chi connectivity index (χ1v) is 11.1. The van der Waals surface area contributed by atoms with E-state index < -0.39 is 11.7 Å². The predicted octanol–water partition coefficient (Wildman–Crippen LogP) is 4.13. The highest BCUT2D eigenvalue weighted by molar-refractivity contribution is 5.94. The summed E-state index contributed by atoms with van der Waals surface area (Å²) in [6, 6.07) is 6.65. The predicted molar refractivity (Wildman–Crippen MR) is 130 cm³/mol. The minimum atomic E-state index is -4.55. The number of pyridine rings is 2. The first-order valence-electron chi connectivity index (χ1n) is 11.1. The van der Waals surface area contributed by atoms with E-state index in [1.54, 1.807) is 6.20 Å². The minimum absolute atomic E-state index is 0.127. The van der Waals surface area contributed by atoms with Crippen molar-refractivity contribution in [2.24, 2.45) is 0 Å². The molecular weight excluding hydrogens is 471 g/mol. The number of nitrogens with zero attached hydrogens (tertiary/aromatic N) is 6. The molecular formula is C24H24F3N9. The van der Waals surface area contributed by atoms with Crippen LogP contribution in [0, 0.1) is 11.3 Å². The molecule has 4 heterocycles. The zero-order chi connectivity index (χ0) is 25.9. The van der Waals surface area contributed by atoms with Gasteiger partial charge in [-0.2, -0.15) is 18.4 Å². The summed E-state index contributed by atoms with van der Waals surface area (Å²) < 4.78 is 39.7. The maximum atomic E-state index is 13.2. The number of anilines is 2. The van der Waals surface area contributed by atoms with E-state index in [0.717, 1.165) is 36.7 Å². The quantitative estimate of drug-likeness (QED) is 0.334. The van der Waals surface area contributed by atoms with Crippen LogP contribution in [-0.4, -0.2) is 52.1 Å². The van der Waals surface area contributed by atoms with E-state index in [4.69, 9.17) is 0 Å². The summed E-state index contributed by atoms with van der Waals surface area (Å²) >= 11 is 0. The molecule has 4 aromatic heterocycles. The van der Waals surface area contributed by atoms with E-state index in [0.29, 0.717) is 5.56 Å². The van der Waals surface area contributed by atoms with E-state index in [2.05, 4.69) is 35.6 Å². The summed E-state index contributed by atoms with van der Waals surface area (Å²) in [4.78, 5) is 21.9. The second kappa shape index (κ2) is 10.2. The van der Waals surface area contributed by atoms with Crippen LogP contribution in [0.2, 0.25) is 0 Å². The molecule has 0 aliphatic carbocycles. The lowest BCUT2D eigenvalue weighted by atomic mass is 10.1. The molecule has 0 bridgehead atoms. The van der Waals surface area contributed by atoms with Gasteiger partial charge >= 0.3 is 6.18 Å². The topological polar surface area (TPSA) is 118 Å². The molecule has 12 heteroatoms. The zero-order valence-corrected chi connectivity index (χ0v) is 19.9. The van der Waals surface area contributed by atoms with Crippen LogP contribution < -0.4 is 15.5 Å². The fourth-order valence-electron chi connectivity index (χ4n) is 3.64. The highest BCUT2D eigenvalue weighted by Crippen LogP contribution is 2.35. The van der Waals surface area contributed by atoms with Gasteiger partial charge < -0.3 is 20.5 Å². The molecule has 9 nitrogen and oxygen atoms in total. The molecule has 1 atom stereocenters. The highest BCUT2D eigenvalue weighted by Gasteiger charge is 2.31. The van der Waals surface area contributed by atoms with Gasteiger partial charge in [0, 0.05) is 49.7 Å². The van der Waals surface area contributed by atoms with Crippen molar-refractivity contribution in [3.8, 4) is 17.3 Å². The van der Waals surface area contributed by atoms with Gasteiger partial charge in [-0.3, -0.25) is 0 Å². The summed E-state index contributed by atoms with van der Waals surface area (Å²) in [6.45, 7) is 3.56. The molecule has 0 aromatic carbocycles. The Kier molecular flexibility index (Phi) is 7.03. The molecule has 36 heavy (non-hydrogen) atoms. The van der Waals surface area contributed by atoms with Crippen LogP contribution in [0.4, 0.5) is 24.9 Å². The Labute approximate surface area is 205 Å². The number of alkyl halides is 3. The van der Waals surface area contributed by atoms with Gasteiger partial charge in [0.15, 0.2) is 0 Å². The number of H-pyrrole nitrogens is 1. The zero-order valence-electron chi connectivity index (χ0n) is 19.9.